The summed E-state index contributed by atoms with van der Waals surface area (Å²) in [5.74, 6) is -1.31. The van der Waals surface area contributed by atoms with Crippen molar-refractivity contribution in [3.8, 4) is 0 Å². The Bertz CT molecular complexity index is 418. The number of aromatic nitrogens is 3. The minimum absolute atomic E-state index is 0.0778. The zero-order valence-corrected chi connectivity index (χ0v) is 10.4. The van der Waals surface area contributed by atoms with Crippen molar-refractivity contribution in [2.75, 3.05) is 5.32 Å². The average molecular weight is 252 g/mol. The second kappa shape index (κ2) is 6.04. The molecule has 18 heavy (non-hydrogen) atoms. The molecule has 1 amide bonds. The van der Waals surface area contributed by atoms with Gasteiger partial charge in [0.25, 0.3) is 0 Å². The number of nitrogens with zero attached hydrogens (tertiary/aromatic N) is 3. The minimum atomic E-state index is -1.04. The van der Waals surface area contributed by atoms with Crippen LogP contribution in [0.2, 0.25) is 0 Å². The molecular formula is C11H16N4O3. The molecule has 0 bridgehead atoms. The third-order valence-corrected chi connectivity index (χ3v) is 3.04. The summed E-state index contributed by atoms with van der Waals surface area (Å²) >= 11 is 0. The first-order chi connectivity index (χ1) is 8.54. The van der Waals surface area contributed by atoms with Crippen LogP contribution in [-0.2, 0) is 9.59 Å². The summed E-state index contributed by atoms with van der Waals surface area (Å²) in [5.41, 5.74) is -1.04. The highest BCUT2D eigenvalue weighted by Gasteiger charge is 2.37. The molecule has 0 aromatic carbocycles. The number of hydrogen-bond donors (Lipinski definition) is 2. The van der Waals surface area contributed by atoms with Gasteiger partial charge in [-0.3, -0.25) is 14.9 Å². The van der Waals surface area contributed by atoms with E-state index in [1.165, 1.54) is 12.4 Å². The first-order valence-electron chi connectivity index (χ1n) is 5.71. The van der Waals surface area contributed by atoms with Crippen molar-refractivity contribution in [1.82, 2.24) is 15.2 Å². The number of amides is 1. The Kier molecular flexibility index (Phi) is 4.70. The van der Waals surface area contributed by atoms with Gasteiger partial charge < -0.3 is 5.11 Å². The van der Waals surface area contributed by atoms with E-state index in [-0.39, 0.29) is 12.4 Å². The van der Waals surface area contributed by atoms with E-state index >= 15 is 0 Å². The van der Waals surface area contributed by atoms with E-state index in [2.05, 4.69) is 20.5 Å². The Morgan fingerprint density at radius 2 is 2.00 bits per heavy atom. The van der Waals surface area contributed by atoms with Crippen LogP contribution in [-0.4, -0.2) is 32.2 Å². The molecule has 0 spiro atoms. The summed E-state index contributed by atoms with van der Waals surface area (Å²) in [7, 11) is 0. The molecule has 0 saturated carbocycles. The number of nitrogens with one attached hydrogen (secondary N) is 1. The summed E-state index contributed by atoms with van der Waals surface area (Å²) in [5, 5.41) is 18.8. The van der Waals surface area contributed by atoms with Crippen molar-refractivity contribution in [3.63, 3.8) is 0 Å². The Labute approximate surface area is 105 Å². The molecule has 0 radical (unpaired) electrons. The minimum Gasteiger partial charge on any atom is -0.481 e. The first-order valence-corrected chi connectivity index (χ1v) is 5.71. The molecular weight excluding hydrogens is 236 g/mol. The highest BCUT2D eigenvalue weighted by molar-refractivity contribution is 5.92. The topological polar surface area (TPSA) is 105 Å². The third-order valence-electron chi connectivity index (χ3n) is 3.04. The molecule has 0 aliphatic carbocycles. The van der Waals surface area contributed by atoms with Crippen molar-refractivity contribution in [3.05, 3.63) is 12.4 Å². The molecule has 0 atom stereocenters. The van der Waals surface area contributed by atoms with Crippen molar-refractivity contribution in [2.45, 2.75) is 33.1 Å². The van der Waals surface area contributed by atoms with E-state index in [4.69, 9.17) is 0 Å². The molecule has 0 aliphatic heterocycles. The van der Waals surface area contributed by atoms with Gasteiger partial charge in [0.05, 0.1) is 17.8 Å². The fourth-order valence-corrected chi connectivity index (χ4v) is 1.66. The molecule has 0 saturated heterocycles. The molecule has 7 nitrogen and oxygen atoms in total. The summed E-state index contributed by atoms with van der Waals surface area (Å²) in [4.78, 5) is 26.8. The molecule has 7 heteroatoms. The maximum Gasteiger partial charge on any atom is 0.310 e. The van der Waals surface area contributed by atoms with Crippen LogP contribution in [0.25, 0.3) is 0 Å². The lowest BCUT2D eigenvalue weighted by molar-refractivity contribution is -0.151. The van der Waals surface area contributed by atoms with Gasteiger partial charge in [0.2, 0.25) is 11.9 Å². The molecule has 1 rings (SSSR count). The lowest BCUT2D eigenvalue weighted by Gasteiger charge is -2.25. The molecule has 2 N–H and O–H groups in total. The van der Waals surface area contributed by atoms with E-state index in [9.17, 15) is 14.7 Å². The second-order valence-electron chi connectivity index (χ2n) is 3.98. The number of carboxylic acids is 1. The number of anilines is 1. The number of aliphatic carboxylic acids is 1. The average Bonchev–Trinajstić information content (AvgIpc) is 2.37. The van der Waals surface area contributed by atoms with Crippen molar-refractivity contribution in [2.24, 2.45) is 5.41 Å². The van der Waals surface area contributed by atoms with Gasteiger partial charge >= 0.3 is 5.97 Å². The predicted molar refractivity (Wildman–Crippen MR) is 63.7 cm³/mol. The number of rotatable bonds is 6. The highest BCUT2D eigenvalue weighted by atomic mass is 16.4. The molecule has 1 heterocycles. The molecule has 0 unspecified atom stereocenters. The van der Waals surface area contributed by atoms with Gasteiger partial charge in [-0.05, 0) is 12.8 Å². The zero-order chi connectivity index (χ0) is 13.6. The summed E-state index contributed by atoms with van der Waals surface area (Å²) in [6.45, 7) is 3.51. The van der Waals surface area contributed by atoms with Crippen LogP contribution in [0.5, 0.6) is 0 Å². The fourth-order valence-electron chi connectivity index (χ4n) is 1.66. The van der Waals surface area contributed by atoms with Gasteiger partial charge in [-0.2, -0.15) is 5.10 Å². The van der Waals surface area contributed by atoms with Crippen molar-refractivity contribution < 1.29 is 14.7 Å². The lowest BCUT2D eigenvalue weighted by atomic mass is 9.79. The van der Waals surface area contributed by atoms with Crippen LogP contribution >= 0.6 is 0 Å². The van der Waals surface area contributed by atoms with E-state index in [1.54, 1.807) is 13.8 Å². The van der Waals surface area contributed by atoms with Crippen LogP contribution in [0.15, 0.2) is 12.4 Å². The maximum absolute atomic E-state index is 11.8. The van der Waals surface area contributed by atoms with E-state index in [0.29, 0.717) is 12.8 Å². The van der Waals surface area contributed by atoms with Gasteiger partial charge in [0.1, 0.15) is 0 Å². The lowest BCUT2D eigenvalue weighted by Crippen LogP contribution is -2.34. The highest BCUT2D eigenvalue weighted by Crippen LogP contribution is 2.31. The Morgan fingerprint density at radius 1 is 1.33 bits per heavy atom. The van der Waals surface area contributed by atoms with Crippen LogP contribution in [0.3, 0.4) is 0 Å². The molecule has 98 valence electrons. The van der Waals surface area contributed by atoms with Gasteiger partial charge in [-0.25, -0.2) is 4.98 Å². The van der Waals surface area contributed by atoms with Crippen LogP contribution < -0.4 is 5.32 Å². The smallest absolute Gasteiger partial charge is 0.310 e. The number of carboxylic acid groups (broad SMARTS) is 1. The van der Waals surface area contributed by atoms with Crippen molar-refractivity contribution in [1.29, 1.82) is 0 Å². The Morgan fingerprint density at radius 3 is 2.44 bits per heavy atom. The van der Waals surface area contributed by atoms with Crippen LogP contribution in [0.1, 0.15) is 33.1 Å². The summed E-state index contributed by atoms with van der Waals surface area (Å²) in [6.07, 6.45) is 3.45. The summed E-state index contributed by atoms with van der Waals surface area (Å²) < 4.78 is 0. The maximum atomic E-state index is 11.8. The normalized spacial score (nSPS) is 11.0. The van der Waals surface area contributed by atoms with Crippen LogP contribution in [0, 0.1) is 5.41 Å². The van der Waals surface area contributed by atoms with Crippen molar-refractivity contribution >= 4 is 17.8 Å². The van der Waals surface area contributed by atoms with E-state index < -0.39 is 17.3 Å². The molecule has 0 aliphatic rings. The van der Waals surface area contributed by atoms with Gasteiger partial charge in [-0.1, -0.05) is 13.8 Å². The number of carbonyl (C=O) groups is 2. The van der Waals surface area contributed by atoms with Gasteiger partial charge in [-0.15, -0.1) is 5.10 Å². The Balaban J connectivity index is 2.71. The van der Waals surface area contributed by atoms with Gasteiger partial charge in [0, 0.05) is 6.42 Å². The second-order valence-corrected chi connectivity index (χ2v) is 3.98. The fraction of sp³-hybridized carbons (Fsp3) is 0.545. The SMILES string of the molecule is CCC(CC)(CC(=O)Nc1nccnn1)C(=O)O. The predicted octanol–water partition coefficient (Wildman–Crippen LogP) is 1.09. The zero-order valence-electron chi connectivity index (χ0n) is 10.4. The third kappa shape index (κ3) is 3.22. The summed E-state index contributed by atoms with van der Waals surface area (Å²) in [6, 6.07) is 0. The largest absolute Gasteiger partial charge is 0.481 e. The van der Waals surface area contributed by atoms with E-state index in [1.807, 2.05) is 0 Å². The Hall–Kier alpha value is -2.05. The monoisotopic (exact) mass is 252 g/mol. The molecule has 1 aromatic rings. The first kappa shape index (κ1) is 14.0. The standard InChI is InChI=1S/C11H16N4O3/c1-3-11(4-2,9(17)18)7-8(16)14-10-12-5-6-13-15-10/h5-6H,3-4,7H2,1-2H3,(H,17,18)(H,12,14,15,16). The molecule has 1 aromatic heterocycles. The van der Waals surface area contributed by atoms with Gasteiger partial charge in [0.15, 0.2) is 0 Å². The number of hydrogen-bond acceptors (Lipinski definition) is 5. The van der Waals surface area contributed by atoms with Crippen LogP contribution in [0.4, 0.5) is 5.95 Å². The quantitative estimate of drug-likeness (QED) is 0.785. The number of carbonyl (C=O) groups excluding carboxylic acids is 1. The van der Waals surface area contributed by atoms with E-state index in [0.717, 1.165) is 0 Å². The molecule has 0 fully saturated rings.